The predicted octanol–water partition coefficient (Wildman–Crippen LogP) is 3.28. The van der Waals surface area contributed by atoms with Gasteiger partial charge in [-0.3, -0.25) is 0 Å². The lowest BCUT2D eigenvalue weighted by atomic mass is 9.83. The minimum absolute atomic E-state index is 0.472. The van der Waals surface area contributed by atoms with Crippen LogP contribution in [0.3, 0.4) is 0 Å². The van der Waals surface area contributed by atoms with Gasteiger partial charge in [-0.05, 0) is 24.3 Å². The standard InChI is InChI=1S/C12H22BrN/c1-12(2)9-14(8-11(12)13)7-6-10-4-3-5-10/h10-11H,3-9H2,1-2H3. The molecule has 1 atom stereocenters. The van der Waals surface area contributed by atoms with E-state index in [1.54, 1.807) is 0 Å². The normalized spacial score (nSPS) is 33.2. The zero-order valence-electron chi connectivity index (χ0n) is 9.43. The second-order valence-electron chi connectivity index (χ2n) is 5.78. The van der Waals surface area contributed by atoms with Gasteiger partial charge in [-0.25, -0.2) is 0 Å². The topological polar surface area (TPSA) is 3.24 Å². The number of nitrogens with zero attached hydrogens (tertiary/aromatic N) is 1. The first-order valence-electron chi connectivity index (χ1n) is 5.94. The van der Waals surface area contributed by atoms with Crippen LogP contribution in [-0.4, -0.2) is 29.4 Å². The van der Waals surface area contributed by atoms with Gasteiger partial charge in [0.25, 0.3) is 0 Å². The van der Waals surface area contributed by atoms with Crippen molar-refractivity contribution in [3.05, 3.63) is 0 Å². The third-order valence-electron chi connectivity index (χ3n) is 3.98. The Bertz CT molecular complexity index is 198. The summed E-state index contributed by atoms with van der Waals surface area (Å²) < 4.78 is 0. The van der Waals surface area contributed by atoms with Crippen molar-refractivity contribution in [1.82, 2.24) is 4.90 Å². The summed E-state index contributed by atoms with van der Waals surface area (Å²) in [6.45, 7) is 8.59. The van der Waals surface area contributed by atoms with Gasteiger partial charge in [0, 0.05) is 17.9 Å². The summed E-state index contributed by atoms with van der Waals surface area (Å²) in [6.07, 6.45) is 5.91. The Kier molecular flexibility index (Phi) is 3.23. The third-order valence-corrected chi connectivity index (χ3v) is 5.50. The molecule has 0 bridgehead atoms. The lowest BCUT2D eigenvalue weighted by molar-refractivity contribution is 0.226. The van der Waals surface area contributed by atoms with Crippen LogP contribution in [-0.2, 0) is 0 Å². The molecule has 0 radical (unpaired) electrons. The Balaban J connectivity index is 1.72. The summed E-state index contributed by atoms with van der Waals surface area (Å²) in [6, 6.07) is 0. The average Bonchev–Trinajstić information content (AvgIpc) is 2.23. The maximum absolute atomic E-state index is 3.80. The molecule has 1 saturated carbocycles. The van der Waals surface area contributed by atoms with Crippen molar-refractivity contribution in [2.24, 2.45) is 11.3 Å². The summed E-state index contributed by atoms with van der Waals surface area (Å²) in [4.78, 5) is 3.33. The van der Waals surface area contributed by atoms with Gasteiger partial charge in [0.15, 0.2) is 0 Å². The Morgan fingerprint density at radius 2 is 2.07 bits per heavy atom. The van der Waals surface area contributed by atoms with Crippen molar-refractivity contribution >= 4 is 15.9 Å². The zero-order valence-corrected chi connectivity index (χ0v) is 11.0. The Morgan fingerprint density at radius 1 is 1.36 bits per heavy atom. The van der Waals surface area contributed by atoms with Crippen LogP contribution in [0.4, 0.5) is 0 Å². The van der Waals surface area contributed by atoms with Crippen molar-refractivity contribution in [1.29, 1.82) is 0 Å². The van der Waals surface area contributed by atoms with E-state index in [0.717, 1.165) is 5.92 Å². The van der Waals surface area contributed by atoms with E-state index in [9.17, 15) is 0 Å². The van der Waals surface area contributed by atoms with Crippen molar-refractivity contribution in [2.45, 2.75) is 44.4 Å². The zero-order chi connectivity index (χ0) is 10.2. The minimum Gasteiger partial charge on any atom is -0.302 e. The van der Waals surface area contributed by atoms with E-state index < -0.39 is 0 Å². The molecule has 2 rings (SSSR count). The first kappa shape index (κ1) is 10.9. The third kappa shape index (κ3) is 2.33. The highest BCUT2D eigenvalue weighted by Crippen LogP contribution is 2.36. The van der Waals surface area contributed by atoms with E-state index in [2.05, 4.69) is 34.7 Å². The number of likely N-dealkylation sites (tertiary alicyclic amines) is 1. The molecular weight excluding hydrogens is 238 g/mol. The van der Waals surface area contributed by atoms with Gasteiger partial charge >= 0.3 is 0 Å². The molecule has 0 aromatic carbocycles. The fourth-order valence-corrected chi connectivity index (χ4v) is 3.08. The highest BCUT2D eigenvalue weighted by Gasteiger charge is 2.37. The summed E-state index contributed by atoms with van der Waals surface area (Å²) >= 11 is 3.80. The Morgan fingerprint density at radius 3 is 2.50 bits per heavy atom. The predicted molar refractivity (Wildman–Crippen MR) is 64.9 cm³/mol. The van der Waals surface area contributed by atoms with E-state index >= 15 is 0 Å². The van der Waals surface area contributed by atoms with E-state index in [4.69, 9.17) is 0 Å². The molecule has 1 nitrogen and oxygen atoms in total. The molecule has 1 aliphatic carbocycles. The summed E-state index contributed by atoms with van der Waals surface area (Å²) in [5, 5.41) is 0. The van der Waals surface area contributed by atoms with Crippen molar-refractivity contribution in [3.8, 4) is 0 Å². The smallest absolute Gasteiger partial charge is 0.0336 e. The molecule has 1 saturated heterocycles. The van der Waals surface area contributed by atoms with Gasteiger partial charge in [0.1, 0.15) is 0 Å². The van der Waals surface area contributed by atoms with Crippen LogP contribution in [0.15, 0.2) is 0 Å². The largest absolute Gasteiger partial charge is 0.302 e. The monoisotopic (exact) mass is 259 g/mol. The summed E-state index contributed by atoms with van der Waals surface area (Å²) in [5.74, 6) is 1.06. The number of alkyl halides is 1. The number of halogens is 1. The molecule has 2 aliphatic rings. The molecule has 0 spiro atoms. The van der Waals surface area contributed by atoms with E-state index in [0.29, 0.717) is 10.2 Å². The lowest BCUT2D eigenvalue weighted by Gasteiger charge is -2.28. The second-order valence-corrected chi connectivity index (χ2v) is 6.88. The molecule has 82 valence electrons. The van der Waals surface area contributed by atoms with Crippen LogP contribution < -0.4 is 0 Å². The summed E-state index contributed by atoms with van der Waals surface area (Å²) in [7, 11) is 0. The molecule has 0 aromatic heterocycles. The molecule has 1 heterocycles. The molecule has 2 heteroatoms. The van der Waals surface area contributed by atoms with Crippen LogP contribution in [0.2, 0.25) is 0 Å². The second kappa shape index (κ2) is 4.13. The highest BCUT2D eigenvalue weighted by atomic mass is 79.9. The quantitative estimate of drug-likeness (QED) is 0.704. The van der Waals surface area contributed by atoms with Crippen molar-refractivity contribution < 1.29 is 0 Å². The van der Waals surface area contributed by atoms with Gasteiger partial charge in [-0.2, -0.15) is 0 Å². The fourth-order valence-electron chi connectivity index (χ4n) is 2.53. The first-order valence-corrected chi connectivity index (χ1v) is 6.86. The van der Waals surface area contributed by atoms with Crippen molar-refractivity contribution in [3.63, 3.8) is 0 Å². The highest BCUT2D eigenvalue weighted by molar-refractivity contribution is 9.09. The van der Waals surface area contributed by atoms with E-state index in [1.165, 1.54) is 45.3 Å². The van der Waals surface area contributed by atoms with Crippen LogP contribution in [0.1, 0.15) is 39.5 Å². The van der Waals surface area contributed by atoms with E-state index in [-0.39, 0.29) is 0 Å². The number of hydrogen-bond acceptors (Lipinski definition) is 1. The molecule has 1 aliphatic heterocycles. The van der Waals surface area contributed by atoms with Gasteiger partial charge in [-0.15, -0.1) is 0 Å². The molecule has 0 amide bonds. The summed E-state index contributed by atoms with van der Waals surface area (Å²) in [5.41, 5.74) is 0.472. The number of hydrogen-bond donors (Lipinski definition) is 0. The van der Waals surface area contributed by atoms with Gasteiger partial charge < -0.3 is 4.90 Å². The van der Waals surface area contributed by atoms with Gasteiger partial charge in [0.05, 0.1) is 0 Å². The first-order chi connectivity index (χ1) is 6.58. The minimum atomic E-state index is 0.472. The molecule has 14 heavy (non-hydrogen) atoms. The number of rotatable bonds is 3. The van der Waals surface area contributed by atoms with Crippen LogP contribution >= 0.6 is 15.9 Å². The van der Waals surface area contributed by atoms with Crippen LogP contribution in [0, 0.1) is 11.3 Å². The SMILES string of the molecule is CC1(C)CN(CCC2CCC2)CC1Br. The van der Waals surface area contributed by atoms with Gasteiger partial charge in [0.2, 0.25) is 0 Å². The maximum Gasteiger partial charge on any atom is 0.0336 e. The fraction of sp³-hybridized carbons (Fsp3) is 1.00. The Hall–Kier alpha value is 0.440. The van der Waals surface area contributed by atoms with Crippen LogP contribution in [0.5, 0.6) is 0 Å². The van der Waals surface area contributed by atoms with Gasteiger partial charge in [-0.1, -0.05) is 49.0 Å². The molecule has 0 N–H and O–H groups in total. The molecule has 0 aromatic rings. The van der Waals surface area contributed by atoms with E-state index in [1.807, 2.05) is 0 Å². The average molecular weight is 260 g/mol. The molecule has 2 fully saturated rings. The Labute approximate surface area is 96.4 Å². The van der Waals surface area contributed by atoms with Crippen molar-refractivity contribution in [2.75, 3.05) is 19.6 Å². The lowest BCUT2D eigenvalue weighted by Crippen LogP contribution is -2.27. The molecule has 1 unspecified atom stereocenters. The van der Waals surface area contributed by atoms with Crippen LogP contribution in [0.25, 0.3) is 0 Å². The maximum atomic E-state index is 3.80. The molecular formula is C12H22BrN.